The minimum absolute atomic E-state index is 0.151. The summed E-state index contributed by atoms with van der Waals surface area (Å²) in [4.78, 5) is 24.1. The number of methoxy groups -OCH3 is 1. The molecular weight excluding hydrogens is 378 g/mol. The van der Waals surface area contributed by atoms with Gasteiger partial charge in [0.2, 0.25) is 0 Å². The molecule has 0 radical (unpaired) electrons. The Morgan fingerprint density at radius 2 is 1.83 bits per heavy atom. The maximum atomic E-state index is 12.6. The largest absolute Gasteiger partial charge is 0.469 e. The van der Waals surface area contributed by atoms with Crippen LogP contribution in [0.1, 0.15) is 46.2 Å². The highest BCUT2D eigenvalue weighted by Gasteiger charge is 2.15. The molecule has 3 rings (SSSR count). The molecule has 0 bridgehead atoms. The van der Waals surface area contributed by atoms with Crippen molar-refractivity contribution in [3.8, 4) is 5.69 Å². The highest BCUT2D eigenvalue weighted by molar-refractivity contribution is 6.04. The second kappa shape index (κ2) is 9.39. The number of nitrogens with zero attached hydrogens (tertiary/aromatic N) is 2. The molecule has 1 aromatic heterocycles. The number of hydrogen-bond donors (Lipinski definition) is 1. The number of aromatic nitrogens is 2. The minimum atomic E-state index is -0.235. The Hall–Kier alpha value is -3.41. The fourth-order valence-electron chi connectivity index (χ4n) is 3.44. The third-order valence-corrected chi connectivity index (χ3v) is 5.22. The van der Waals surface area contributed by atoms with E-state index in [2.05, 4.69) is 17.3 Å². The molecule has 0 fully saturated rings. The molecule has 0 saturated heterocycles. The van der Waals surface area contributed by atoms with Crippen molar-refractivity contribution >= 4 is 17.6 Å². The maximum absolute atomic E-state index is 12.6. The maximum Gasteiger partial charge on any atom is 0.305 e. The summed E-state index contributed by atoms with van der Waals surface area (Å²) in [5.74, 6) is -0.386. The smallest absolute Gasteiger partial charge is 0.305 e. The lowest BCUT2D eigenvalue weighted by Crippen LogP contribution is -2.12. The Labute approximate surface area is 176 Å². The standard InChI is InChI=1S/C24H27N3O3/c1-5-18-7-6-8-20(15-18)25-24(29)19-9-11-21(12-10-19)27-17(3)22(16(2)26-27)13-14-23(28)30-4/h6-12,15H,5,13-14H2,1-4H3,(H,25,29). The number of hydrogen-bond acceptors (Lipinski definition) is 4. The second-order valence-electron chi connectivity index (χ2n) is 7.19. The Balaban J connectivity index is 1.75. The Bertz CT molecular complexity index is 1050. The van der Waals surface area contributed by atoms with E-state index in [0.29, 0.717) is 18.4 Å². The molecule has 6 nitrogen and oxygen atoms in total. The van der Waals surface area contributed by atoms with Crippen molar-refractivity contribution in [1.82, 2.24) is 9.78 Å². The van der Waals surface area contributed by atoms with Crippen molar-refractivity contribution in [1.29, 1.82) is 0 Å². The van der Waals surface area contributed by atoms with Crippen molar-refractivity contribution in [2.24, 2.45) is 0 Å². The first-order chi connectivity index (χ1) is 14.4. The fraction of sp³-hybridized carbons (Fsp3) is 0.292. The van der Waals surface area contributed by atoms with Gasteiger partial charge in [-0.05, 0) is 74.2 Å². The highest BCUT2D eigenvalue weighted by Crippen LogP contribution is 2.20. The van der Waals surface area contributed by atoms with Crippen LogP contribution in [0, 0.1) is 13.8 Å². The molecule has 0 unspecified atom stereocenters. The van der Waals surface area contributed by atoms with E-state index in [1.807, 2.05) is 54.9 Å². The van der Waals surface area contributed by atoms with Crippen LogP contribution in [0.4, 0.5) is 5.69 Å². The summed E-state index contributed by atoms with van der Waals surface area (Å²) in [6.07, 6.45) is 1.83. The molecule has 6 heteroatoms. The molecule has 2 aromatic carbocycles. The third kappa shape index (κ3) is 4.76. The summed E-state index contributed by atoms with van der Waals surface area (Å²) < 4.78 is 6.57. The van der Waals surface area contributed by atoms with Crippen LogP contribution in [0.2, 0.25) is 0 Å². The second-order valence-corrected chi connectivity index (χ2v) is 7.19. The summed E-state index contributed by atoms with van der Waals surface area (Å²) >= 11 is 0. The van der Waals surface area contributed by atoms with Gasteiger partial charge in [0.05, 0.1) is 18.5 Å². The van der Waals surface area contributed by atoms with Crippen LogP contribution in [-0.2, 0) is 22.4 Å². The van der Waals surface area contributed by atoms with Gasteiger partial charge in [-0.3, -0.25) is 9.59 Å². The minimum Gasteiger partial charge on any atom is -0.469 e. The number of esters is 1. The number of benzene rings is 2. The van der Waals surface area contributed by atoms with E-state index in [-0.39, 0.29) is 11.9 Å². The van der Waals surface area contributed by atoms with Gasteiger partial charge in [0.1, 0.15) is 0 Å². The van der Waals surface area contributed by atoms with Crippen LogP contribution in [0.15, 0.2) is 48.5 Å². The number of carbonyl (C=O) groups excluding carboxylic acids is 2. The molecule has 3 aromatic rings. The van der Waals surface area contributed by atoms with Crippen LogP contribution in [0.3, 0.4) is 0 Å². The van der Waals surface area contributed by atoms with Gasteiger partial charge in [0.15, 0.2) is 0 Å². The number of ether oxygens (including phenoxy) is 1. The van der Waals surface area contributed by atoms with E-state index < -0.39 is 0 Å². The molecule has 0 aliphatic heterocycles. The van der Waals surface area contributed by atoms with Crippen molar-refractivity contribution in [3.05, 3.63) is 76.6 Å². The van der Waals surface area contributed by atoms with Crippen LogP contribution in [0.25, 0.3) is 5.69 Å². The first-order valence-corrected chi connectivity index (χ1v) is 10.1. The molecule has 30 heavy (non-hydrogen) atoms. The lowest BCUT2D eigenvalue weighted by molar-refractivity contribution is -0.140. The van der Waals surface area contributed by atoms with Gasteiger partial charge in [0, 0.05) is 23.4 Å². The van der Waals surface area contributed by atoms with E-state index in [1.165, 1.54) is 12.7 Å². The number of carbonyl (C=O) groups is 2. The summed E-state index contributed by atoms with van der Waals surface area (Å²) in [5, 5.41) is 7.55. The van der Waals surface area contributed by atoms with Crippen molar-refractivity contribution in [2.75, 3.05) is 12.4 Å². The lowest BCUT2D eigenvalue weighted by atomic mass is 10.1. The summed E-state index contributed by atoms with van der Waals surface area (Å²) in [6.45, 7) is 6.00. The van der Waals surface area contributed by atoms with Crippen molar-refractivity contribution in [2.45, 2.75) is 40.0 Å². The fourth-order valence-corrected chi connectivity index (χ4v) is 3.44. The lowest BCUT2D eigenvalue weighted by Gasteiger charge is -2.09. The van der Waals surface area contributed by atoms with Gasteiger partial charge >= 0.3 is 5.97 Å². The molecule has 0 aliphatic rings. The van der Waals surface area contributed by atoms with E-state index in [9.17, 15) is 9.59 Å². The Kier molecular flexibility index (Phi) is 6.67. The normalized spacial score (nSPS) is 10.7. The van der Waals surface area contributed by atoms with Crippen LogP contribution >= 0.6 is 0 Å². The third-order valence-electron chi connectivity index (χ3n) is 5.22. The molecule has 1 heterocycles. The van der Waals surface area contributed by atoms with E-state index in [4.69, 9.17) is 4.74 Å². The quantitative estimate of drug-likeness (QED) is 0.591. The van der Waals surface area contributed by atoms with Gasteiger partial charge in [-0.25, -0.2) is 4.68 Å². The van der Waals surface area contributed by atoms with Gasteiger partial charge in [-0.15, -0.1) is 0 Å². The predicted molar refractivity (Wildman–Crippen MR) is 117 cm³/mol. The molecule has 156 valence electrons. The van der Waals surface area contributed by atoms with E-state index >= 15 is 0 Å². The van der Waals surface area contributed by atoms with Crippen LogP contribution in [0.5, 0.6) is 0 Å². The van der Waals surface area contributed by atoms with Crippen molar-refractivity contribution < 1.29 is 14.3 Å². The molecule has 0 atom stereocenters. The van der Waals surface area contributed by atoms with Gasteiger partial charge < -0.3 is 10.1 Å². The van der Waals surface area contributed by atoms with Crippen LogP contribution < -0.4 is 5.32 Å². The average Bonchev–Trinajstić information content (AvgIpc) is 3.05. The molecular formula is C24H27N3O3. The molecule has 0 aliphatic carbocycles. The SMILES string of the molecule is CCc1cccc(NC(=O)c2ccc(-n3nc(C)c(CCC(=O)OC)c3C)cc2)c1. The summed E-state index contributed by atoms with van der Waals surface area (Å²) in [5.41, 5.74) is 6.31. The molecule has 1 N–H and O–H groups in total. The van der Waals surface area contributed by atoms with E-state index in [0.717, 1.165) is 34.7 Å². The van der Waals surface area contributed by atoms with E-state index in [1.54, 1.807) is 12.1 Å². The Morgan fingerprint density at radius 3 is 2.50 bits per heavy atom. The number of anilines is 1. The number of aryl methyl sites for hydroxylation is 2. The number of nitrogens with one attached hydrogen (secondary N) is 1. The first-order valence-electron chi connectivity index (χ1n) is 10.1. The number of amides is 1. The molecule has 0 saturated carbocycles. The van der Waals surface area contributed by atoms with Gasteiger partial charge in [-0.1, -0.05) is 19.1 Å². The number of rotatable bonds is 7. The Morgan fingerprint density at radius 1 is 1.10 bits per heavy atom. The highest BCUT2D eigenvalue weighted by atomic mass is 16.5. The summed E-state index contributed by atoms with van der Waals surface area (Å²) in [7, 11) is 1.39. The zero-order valence-electron chi connectivity index (χ0n) is 17.9. The molecule has 0 spiro atoms. The predicted octanol–water partition coefficient (Wildman–Crippen LogP) is 4.41. The van der Waals surface area contributed by atoms with Crippen LogP contribution in [-0.4, -0.2) is 28.8 Å². The zero-order valence-corrected chi connectivity index (χ0v) is 17.9. The van der Waals surface area contributed by atoms with Gasteiger partial charge in [-0.2, -0.15) is 5.10 Å². The monoisotopic (exact) mass is 405 g/mol. The average molecular weight is 405 g/mol. The first kappa shape index (κ1) is 21.3. The topological polar surface area (TPSA) is 73.2 Å². The van der Waals surface area contributed by atoms with Gasteiger partial charge in [0.25, 0.3) is 5.91 Å². The molecule has 1 amide bonds. The summed E-state index contributed by atoms with van der Waals surface area (Å²) in [6, 6.07) is 15.2. The van der Waals surface area contributed by atoms with Crippen molar-refractivity contribution in [3.63, 3.8) is 0 Å². The zero-order chi connectivity index (χ0) is 21.7.